The van der Waals surface area contributed by atoms with E-state index in [1.165, 1.54) is 27.5 Å². The van der Waals surface area contributed by atoms with Crippen LogP contribution in [0.3, 0.4) is 0 Å². The van der Waals surface area contributed by atoms with E-state index in [0.29, 0.717) is 6.54 Å². The molecule has 1 aromatic heterocycles. The summed E-state index contributed by atoms with van der Waals surface area (Å²) in [5.74, 6) is -1.39. The van der Waals surface area contributed by atoms with Crippen molar-refractivity contribution in [3.63, 3.8) is 0 Å². The summed E-state index contributed by atoms with van der Waals surface area (Å²) in [6.07, 6.45) is 3.11. The summed E-state index contributed by atoms with van der Waals surface area (Å²) < 4.78 is 2.77. The molecule has 1 N–H and O–H groups in total. The molecule has 0 radical (unpaired) electrons. The van der Waals surface area contributed by atoms with Gasteiger partial charge in [0.25, 0.3) is 5.69 Å². The molecule has 8 heteroatoms. The average Bonchev–Trinajstić information content (AvgIpc) is 2.79. The molecule has 21 heavy (non-hydrogen) atoms. The SMILES string of the molecule is CCn1ccn(Cc2cccc([N+](=O)[O-])c2C(=O)O)c1=O. The Kier molecular flexibility index (Phi) is 3.88. The van der Waals surface area contributed by atoms with Crippen molar-refractivity contribution >= 4 is 11.7 Å². The van der Waals surface area contributed by atoms with E-state index in [4.69, 9.17) is 0 Å². The van der Waals surface area contributed by atoms with Gasteiger partial charge in [0.05, 0.1) is 11.5 Å². The molecule has 2 rings (SSSR count). The number of benzene rings is 1. The number of carbonyl (C=O) groups is 1. The van der Waals surface area contributed by atoms with Crippen molar-refractivity contribution in [2.45, 2.75) is 20.0 Å². The Hall–Kier alpha value is -2.90. The third kappa shape index (κ3) is 2.69. The van der Waals surface area contributed by atoms with Crippen molar-refractivity contribution in [1.29, 1.82) is 0 Å². The van der Waals surface area contributed by atoms with Gasteiger partial charge in [0.2, 0.25) is 0 Å². The molecular formula is C13H13N3O5. The van der Waals surface area contributed by atoms with Crippen LogP contribution < -0.4 is 5.69 Å². The molecule has 0 aliphatic heterocycles. The second kappa shape index (κ2) is 5.61. The number of nitrogens with zero attached hydrogens (tertiary/aromatic N) is 3. The second-order valence-electron chi connectivity index (χ2n) is 4.37. The summed E-state index contributed by atoms with van der Waals surface area (Å²) in [6.45, 7) is 2.27. The van der Waals surface area contributed by atoms with Crippen LogP contribution >= 0.6 is 0 Å². The van der Waals surface area contributed by atoms with Gasteiger partial charge in [-0.3, -0.25) is 19.2 Å². The Bertz CT molecular complexity index is 759. The fourth-order valence-corrected chi connectivity index (χ4v) is 2.12. The lowest BCUT2D eigenvalue weighted by molar-refractivity contribution is -0.385. The Labute approximate surface area is 119 Å². The molecule has 1 aromatic carbocycles. The van der Waals surface area contributed by atoms with E-state index in [9.17, 15) is 24.8 Å². The Balaban J connectivity index is 2.51. The highest BCUT2D eigenvalue weighted by Crippen LogP contribution is 2.22. The number of hydrogen-bond donors (Lipinski definition) is 1. The van der Waals surface area contributed by atoms with Gasteiger partial charge in [-0.2, -0.15) is 0 Å². The molecule has 0 saturated heterocycles. The first-order valence-corrected chi connectivity index (χ1v) is 6.20. The van der Waals surface area contributed by atoms with Gasteiger partial charge in [0.1, 0.15) is 5.56 Å². The third-order valence-corrected chi connectivity index (χ3v) is 3.14. The van der Waals surface area contributed by atoms with Gasteiger partial charge in [-0.1, -0.05) is 12.1 Å². The molecule has 0 unspecified atom stereocenters. The van der Waals surface area contributed by atoms with Gasteiger partial charge in [0.15, 0.2) is 0 Å². The van der Waals surface area contributed by atoms with Crippen LogP contribution in [0.25, 0.3) is 0 Å². The summed E-state index contributed by atoms with van der Waals surface area (Å²) >= 11 is 0. The Morgan fingerprint density at radius 2 is 2.00 bits per heavy atom. The van der Waals surface area contributed by atoms with Gasteiger partial charge in [-0.25, -0.2) is 9.59 Å². The average molecular weight is 291 g/mol. The van der Waals surface area contributed by atoms with Gasteiger partial charge in [-0.05, 0) is 12.5 Å². The van der Waals surface area contributed by atoms with Crippen molar-refractivity contribution in [3.8, 4) is 0 Å². The summed E-state index contributed by atoms with van der Waals surface area (Å²) in [5.41, 5.74) is -0.949. The summed E-state index contributed by atoms with van der Waals surface area (Å²) in [4.78, 5) is 33.4. The summed E-state index contributed by atoms with van der Waals surface area (Å²) in [7, 11) is 0. The molecule has 0 spiro atoms. The zero-order valence-electron chi connectivity index (χ0n) is 11.2. The first-order valence-electron chi connectivity index (χ1n) is 6.20. The minimum atomic E-state index is -1.39. The standard InChI is InChI=1S/C13H13N3O5/c1-2-14-6-7-15(13(14)19)8-9-4-3-5-10(16(20)21)11(9)12(17)18/h3-7H,2,8H2,1H3,(H,17,18). The molecule has 0 bridgehead atoms. The van der Waals surface area contributed by atoms with E-state index < -0.39 is 22.1 Å². The lowest BCUT2D eigenvalue weighted by atomic mass is 10.1. The lowest BCUT2D eigenvalue weighted by Crippen LogP contribution is -2.24. The van der Waals surface area contributed by atoms with Crippen molar-refractivity contribution < 1.29 is 14.8 Å². The molecular weight excluding hydrogens is 278 g/mol. The number of aromatic carboxylic acids is 1. The van der Waals surface area contributed by atoms with Crippen LogP contribution in [-0.2, 0) is 13.1 Å². The molecule has 0 amide bonds. The molecule has 0 saturated carbocycles. The minimum absolute atomic E-state index is 0.0326. The number of nitro benzene ring substituents is 1. The van der Waals surface area contributed by atoms with E-state index in [-0.39, 0.29) is 17.8 Å². The highest BCUT2D eigenvalue weighted by atomic mass is 16.6. The van der Waals surface area contributed by atoms with Gasteiger partial charge in [0, 0.05) is 25.0 Å². The third-order valence-electron chi connectivity index (χ3n) is 3.14. The maximum absolute atomic E-state index is 11.9. The molecule has 2 aromatic rings. The minimum Gasteiger partial charge on any atom is -0.477 e. The number of aryl methyl sites for hydroxylation is 1. The fourth-order valence-electron chi connectivity index (χ4n) is 2.12. The van der Waals surface area contributed by atoms with Crippen LogP contribution in [0.15, 0.2) is 35.4 Å². The highest BCUT2D eigenvalue weighted by molar-refractivity contribution is 5.94. The number of rotatable bonds is 5. The van der Waals surface area contributed by atoms with Crippen molar-refractivity contribution in [3.05, 3.63) is 62.3 Å². The topological polar surface area (TPSA) is 107 Å². The molecule has 0 fully saturated rings. The van der Waals surface area contributed by atoms with Crippen LogP contribution in [0.1, 0.15) is 22.8 Å². The lowest BCUT2D eigenvalue weighted by Gasteiger charge is -2.07. The molecule has 0 aliphatic carbocycles. The molecule has 110 valence electrons. The quantitative estimate of drug-likeness (QED) is 0.660. The number of nitro groups is 1. The molecule has 1 heterocycles. The summed E-state index contributed by atoms with van der Waals surface area (Å²) in [5, 5.41) is 20.1. The maximum Gasteiger partial charge on any atom is 0.343 e. The van der Waals surface area contributed by atoms with Crippen LogP contribution in [0.2, 0.25) is 0 Å². The zero-order chi connectivity index (χ0) is 15.6. The number of carboxylic acids is 1. The van der Waals surface area contributed by atoms with E-state index in [2.05, 4.69) is 0 Å². The van der Waals surface area contributed by atoms with E-state index in [1.807, 2.05) is 6.92 Å². The highest BCUT2D eigenvalue weighted by Gasteiger charge is 2.23. The predicted molar refractivity (Wildman–Crippen MR) is 73.5 cm³/mol. The fraction of sp³-hybridized carbons (Fsp3) is 0.231. The first-order chi connectivity index (χ1) is 9.95. The van der Waals surface area contributed by atoms with Crippen molar-refractivity contribution in [1.82, 2.24) is 9.13 Å². The zero-order valence-corrected chi connectivity index (χ0v) is 11.2. The predicted octanol–water partition coefficient (Wildman–Crippen LogP) is 1.32. The first kappa shape index (κ1) is 14.5. The van der Waals surface area contributed by atoms with E-state index in [1.54, 1.807) is 6.20 Å². The Morgan fingerprint density at radius 1 is 1.33 bits per heavy atom. The Morgan fingerprint density at radius 3 is 2.52 bits per heavy atom. The van der Waals surface area contributed by atoms with Crippen LogP contribution in [0.4, 0.5) is 5.69 Å². The molecule has 0 atom stereocenters. The molecule has 0 aliphatic rings. The van der Waals surface area contributed by atoms with Crippen molar-refractivity contribution in [2.75, 3.05) is 0 Å². The van der Waals surface area contributed by atoms with Gasteiger partial charge in [-0.15, -0.1) is 0 Å². The van der Waals surface area contributed by atoms with Crippen molar-refractivity contribution in [2.24, 2.45) is 0 Å². The monoisotopic (exact) mass is 291 g/mol. The number of hydrogen-bond acceptors (Lipinski definition) is 4. The summed E-state index contributed by atoms with van der Waals surface area (Å²) in [6, 6.07) is 4.00. The van der Waals surface area contributed by atoms with Gasteiger partial charge >= 0.3 is 11.7 Å². The van der Waals surface area contributed by atoms with E-state index >= 15 is 0 Å². The maximum atomic E-state index is 11.9. The van der Waals surface area contributed by atoms with E-state index in [0.717, 1.165) is 6.07 Å². The van der Waals surface area contributed by atoms with Crippen LogP contribution in [0.5, 0.6) is 0 Å². The van der Waals surface area contributed by atoms with Crippen LogP contribution in [0, 0.1) is 10.1 Å². The smallest absolute Gasteiger partial charge is 0.343 e. The number of aromatic nitrogens is 2. The number of imidazole rings is 1. The number of carboxylic acid groups (broad SMARTS) is 1. The van der Waals surface area contributed by atoms with Crippen LogP contribution in [-0.4, -0.2) is 25.1 Å². The second-order valence-corrected chi connectivity index (χ2v) is 4.37. The van der Waals surface area contributed by atoms with Gasteiger partial charge < -0.3 is 5.11 Å². The normalized spacial score (nSPS) is 10.5. The molecule has 8 nitrogen and oxygen atoms in total. The largest absolute Gasteiger partial charge is 0.477 e.